The summed E-state index contributed by atoms with van der Waals surface area (Å²) in [7, 11) is 0. The third-order valence-corrected chi connectivity index (χ3v) is 5.42. The van der Waals surface area contributed by atoms with E-state index in [2.05, 4.69) is 13.8 Å². The number of amides is 1. The molecule has 2 N–H and O–H groups in total. The van der Waals surface area contributed by atoms with Crippen molar-refractivity contribution in [3.05, 3.63) is 18.0 Å². The van der Waals surface area contributed by atoms with Gasteiger partial charge in [-0.1, -0.05) is 12.8 Å². The summed E-state index contributed by atoms with van der Waals surface area (Å²) in [5.41, 5.74) is 7.86. The number of nitrogens with zero attached hydrogens (tertiary/aromatic N) is 2. The Hall–Kier alpha value is -1.45. The van der Waals surface area contributed by atoms with Gasteiger partial charge in [-0.2, -0.15) is 0 Å². The van der Waals surface area contributed by atoms with Crippen LogP contribution in [0, 0.1) is 5.41 Å². The summed E-state index contributed by atoms with van der Waals surface area (Å²) in [6.07, 6.45) is 9.71. The van der Waals surface area contributed by atoms with Crippen molar-refractivity contribution in [2.24, 2.45) is 5.41 Å². The molecule has 1 aliphatic heterocycles. The monoisotopic (exact) mass is 289 g/mol. The number of hydrogen-bond acceptors (Lipinski definition) is 2. The van der Waals surface area contributed by atoms with E-state index in [-0.39, 0.29) is 11.9 Å². The lowest BCUT2D eigenvalue weighted by molar-refractivity contribution is 0.0576. The lowest BCUT2D eigenvalue weighted by Crippen LogP contribution is -2.42. The molecule has 1 saturated heterocycles. The maximum atomic E-state index is 12.8. The van der Waals surface area contributed by atoms with Gasteiger partial charge in [-0.25, -0.2) is 0 Å². The van der Waals surface area contributed by atoms with Crippen LogP contribution in [0.15, 0.2) is 12.3 Å². The minimum absolute atomic E-state index is 0.147. The number of nitrogens with two attached hydrogens (primary N) is 1. The largest absolute Gasteiger partial charge is 0.397 e. The van der Waals surface area contributed by atoms with Crippen LogP contribution in [0.25, 0.3) is 0 Å². The summed E-state index contributed by atoms with van der Waals surface area (Å²) < 4.78 is 2.00. The van der Waals surface area contributed by atoms with Crippen molar-refractivity contribution in [1.82, 2.24) is 9.47 Å². The first-order valence-corrected chi connectivity index (χ1v) is 8.27. The van der Waals surface area contributed by atoms with Gasteiger partial charge in [-0.05, 0) is 51.0 Å². The highest BCUT2D eigenvalue weighted by molar-refractivity contribution is 5.94. The number of carbonyl (C=O) groups is 1. The molecule has 2 aliphatic rings. The van der Waals surface area contributed by atoms with E-state index in [4.69, 9.17) is 5.73 Å². The number of aromatic nitrogens is 1. The molecular weight excluding hydrogens is 262 g/mol. The minimum Gasteiger partial charge on any atom is -0.397 e. The first-order valence-electron chi connectivity index (χ1n) is 8.27. The summed E-state index contributed by atoms with van der Waals surface area (Å²) in [6, 6.07) is 2.08. The molecule has 0 aromatic carbocycles. The van der Waals surface area contributed by atoms with E-state index in [9.17, 15) is 4.79 Å². The Morgan fingerprint density at radius 3 is 2.38 bits per heavy atom. The first kappa shape index (κ1) is 14.5. The lowest BCUT2D eigenvalue weighted by Gasteiger charge is -2.39. The van der Waals surface area contributed by atoms with Crippen molar-refractivity contribution in [2.75, 3.05) is 18.8 Å². The summed E-state index contributed by atoms with van der Waals surface area (Å²) >= 11 is 0. The van der Waals surface area contributed by atoms with Gasteiger partial charge in [-0.3, -0.25) is 4.79 Å². The van der Waals surface area contributed by atoms with Gasteiger partial charge in [0.05, 0.1) is 5.69 Å². The van der Waals surface area contributed by atoms with Crippen molar-refractivity contribution < 1.29 is 4.79 Å². The topological polar surface area (TPSA) is 51.3 Å². The standard InChI is InChI=1S/C17H27N3O/c1-13(2)20-12-14(18)11-15(20)16(21)19-9-7-17(8-10-19)5-3-4-6-17/h11-13H,3-10,18H2,1-2H3. The fraction of sp³-hybridized carbons (Fsp3) is 0.706. The van der Waals surface area contributed by atoms with E-state index >= 15 is 0 Å². The van der Waals surface area contributed by atoms with E-state index in [1.807, 2.05) is 21.7 Å². The Bertz CT molecular complexity index is 516. The highest BCUT2D eigenvalue weighted by atomic mass is 16.2. The van der Waals surface area contributed by atoms with Crippen molar-refractivity contribution in [1.29, 1.82) is 0 Å². The van der Waals surface area contributed by atoms with Crippen LogP contribution in [-0.4, -0.2) is 28.5 Å². The van der Waals surface area contributed by atoms with Gasteiger partial charge in [0.15, 0.2) is 0 Å². The summed E-state index contributed by atoms with van der Waals surface area (Å²) in [4.78, 5) is 14.8. The van der Waals surface area contributed by atoms with E-state index in [1.165, 1.54) is 38.5 Å². The molecule has 2 heterocycles. The van der Waals surface area contributed by atoms with Gasteiger partial charge in [0, 0.05) is 25.3 Å². The van der Waals surface area contributed by atoms with Gasteiger partial charge in [0.1, 0.15) is 5.69 Å². The van der Waals surface area contributed by atoms with Crippen molar-refractivity contribution in [3.63, 3.8) is 0 Å². The molecule has 0 atom stereocenters. The highest BCUT2D eigenvalue weighted by Crippen LogP contribution is 2.46. The molecule has 0 radical (unpaired) electrons. The molecule has 21 heavy (non-hydrogen) atoms. The van der Waals surface area contributed by atoms with Gasteiger partial charge in [-0.15, -0.1) is 0 Å². The van der Waals surface area contributed by atoms with Crippen LogP contribution < -0.4 is 5.73 Å². The van der Waals surface area contributed by atoms with E-state index in [0.717, 1.165) is 18.8 Å². The maximum absolute atomic E-state index is 12.8. The number of carbonyl (C=O) groups excluding carboxylic acids is 1. The fourth-order valence-electron chi connectivity index (χ4n) is 4.07. The normalized spacial score (nSPS) is 21.4. The van der Waals surface area contributed by atoms with Gasteiger partial charge < -0.3 is 15.2 Å². The Morgan fingerprint density at radius 2 is 1.81 bits per heavy atom. The second-order valence-corrected chi connectivity index (χ2v) is 7.16. The van der Waals surface area contributed by atoms with Crippen molar-refractivity contribution in [3.8, 4) is 0 Å². The van der Waals surface area contributed by atoms with Crippen LogP contribution in [0.3, 0.4) is 0 Å². The quantitative estimate of drug-likeness (QED) is 0.906. The van der Waals surface area contributed by atoms with Crippen LogP contribution in [0.4, 0.5) is 5.69 Å². The minimum atomic E-state index is 0.147. The zero-order valence-electron chi connectivity index (χ0n) is 13.3. The Kier molecular flexibility index (Phi) is 3.72. The molecule has 3 rings (SSSR count). The number of piperidine rings is 1. The summed E-state index contributed by atoms with van der Waals surface area (Å²) in [5, 5.41) is 0. The van der Waals surface area contributed by atoms with E-state index in [0.29, 0.717) is 11.1 Å². The van der Waals surface area contributed by atoms with Crippen molar-refractivity contribution >= 4 is 11.6 Å². The average Bonchev–Trinajstić information content (AvgIpc) is 3.06. The fourth-order valence-corrected chi connectivity index (χ4v) is 4.07. The van der Waals surface area contributed by atoms with Crippen LogP contribution in [-0.2, 0) is 0 Å². The van der Waals surface area contributed by atoms with Crippen LogP contribution >= 0.6 is 0 Å². The predicted octanol–water partition coefficient (Wildman–Crippen LogP) is 3.45. The number of nitrogen functional groups attached to an aromatic ring is 1. The lowest BCUT2D eigenvalue weighted by atomic mass is 9.77. The van der Waals surface area contributed by atoms with E-state index < -0.39 is 0 Å². The molecule has 4 heteroatoms. The third kappa shape index (κ3) is 2.68. The van der Waals surface area contributed by atoms with Gasteiger partial charge >= 0.3 is 0 Å². The summed E-state index contributed by atoms with van der Waals surface area (Å²) in [6.45, 7) is 5.98. The third-order valence-electron chi connectivity index (χ3n) is 5.42. The molecule has 2 fully saturated rings. The molecule has 0 unspecified atom stereocenters. The first-order chi connectivity index (χ1) is 10.0. The Labute approximate surface area is 127 Å². The second-order valence-electron chi connectivity index (χ2n) is 7.16. The number of anilines is 1. The smallest absolute Gasteiger partial charge is 0.270 e. The van der Waals surface area contributed by atoms with E-state index in [1.54, 1.807) is 0 Å². The number of likely N-dealkylation sites (tertiary alicyclic amines) is 1. The highest BCUT2D eigenvalue weighted by Gasteiger charge is 2.38. The average molecular weight is 289 g/mol. The van der Waals surface area contributed by atoms with Crippen LogP contribution in [0.1, 0.15) is 68.9 Å². The number of rotatable bonds is 2. The van der Waals surface area contributed by atoms with Gasteiger partial charge in [0.2, 0.25) is 0 Å². The molecule has 4 nitrogen and oxygen atoms in total. The molecule has 1 aromatic heterocycles. The molecule has 1 aliphatic carbocycles. The maximum Gasteiger partial charge on any atom is 0.270 e. The molecule has 1 aromatic rings. The molecule has 1 saturated carbocycles. The molecular formula is C17H27N3O. The second kappa shape index (κ2) is 5.39. The predicted molar refractivity (Wildman–Crippen MR) is 85.3 cm³/mol. The zero-order chi connectivity index (χ0) is 15.0. The number of hydrogen-bond donors (Lipinski definition) is 1. The molecule has 0 bridgehead atoms. The Morgan fingerprint density at radius 1 is 1.19 bits per heavy atom. The SMILES string of the molecule is CC(C)n1cc(N)cc1C(=O)N1CCC2(CCCC2)CC1. The molecule has 1 amide bonds. The molecule has 116 valence electrons. The van der Waals surface area contributed by atoms with Crippen LogP contribution in [0.2, 0.25) is 0 Å². The zero-order valence-corrected chi connectivity index (χ0v) is 13.3. The van der Waals surface area contributed by atoms with Crippen LogP contribution in [0.5, 0.6) is 0 Å². The van der Waals surface area contributed by atoms with Gasteiger partial charge in [0.25, 0.3) is 5.91 Å². The summed E-state index contributed by atoms with van der Waals surface area (Å²) in [5.74, 6) is 0.147. The molecule has 1 spiro atoms. The Balaban J connectivity index is 1.72. The van der Waals surface area contributed by atoms with Crippen molar-refractivity contribution in [2.45, 2.75) is 58.4 Å².